The minimum absolute atomic E-state index is 0.102. The molecule has 5 heteroatoms. The van der Waals surface area contributed by atoms with Crippen molar-refractivity contribution in [3.8, 4) is 0 Å². The van der Waals surface area contributed by atoms with Gasteiger partial charge in [0.15, 0.2) is 5.78 Å². The molecule has 0 aliphatic carbocycles. The molecular formula is C21H29NO4. The van der Waals surface area contributed by atoms with Gasteiger partial charge in [0.2, 0.25) is 0 Å². The first-order valence-electron chi connectivity index (χ1n) is 9.42. The van der Waals surface area contributed by atoms with Gasteiger partial charge in [0, 0.05) is 25.9 Å². The Bertz CT molecular complexity index is 599. The van der Waals surface area contributed by atoms with E-state index in [1.54, 1.807) is 0 Å². The van der Waals surface area contributed by atoms with Crippen LogP contribution in [-0.4, -0.2) is 52.1 Å². The molecule has 0 radical (unpaired) electrons. The Labute approximate surface area is 155 Å². The number of Topliss-reactive ketones (excluding diaryl/α,β-unsaturated/α-hetero) is 1. The van der Waals surface area contributed by atoms with Crippen molar-refractivity contribution in [2.24, 2.45) is 0 Å². The van der Waals surface area contributed by atoms with Crippen molar-refractivity contribution in [2.75, 3.05) is 13.1 Å². The second-order valence-corrected chi connectivity index (χ2v) is 6.89. The van der Waals surface area contributed by atoms with Crippen LogP contribution in [0.5, 0.6) is 0 Å². The molecule has 1 fully saturated rings. The fraction of sp³-hybridized carbons (Fsp3) is 0.524. The van der Waals surface area contributed by atoms with E-state index >= 15 is 0 Å². The van der Waals surface area contributed by atoms with Crippen molar-refractivity contribution in [1.29, 1.82) is 0 Å². The molecule has 1 saturated heterocycles. The first kappa shape index (κ1) is 20.3. The molecule has 1 heterocycles. The van der Waals surface area contributed by atoms with Crippen LogP contribution in [-0.2, 0) is 16.0 Å². The van der Waals surface area contributed by atoms with E-state index in [1.165, 1.54) is 0 Å². The Morgan fingerprint density at radius 1 is 1.27 bits per heavy atom. The Balaban J connectivity index is 1.72. The first-order valence-corrected chi connectivity index (χ1v) is 9.42. The van der Waals surface area contributed by atoms with Crippen LogP contribution < -0.4 is 0 Å². The highest BCUT2D eigenvalue weighted by atomic mass is 16.4. The fourth-order valence-corrected chi connectivity index (χ4v) is 3.35. The van der Waals surface area contributed by atoms with Gasteiger partial charge in [-0.1, -0.05) is 42.5 Å². The average Bonchev–Trinajstić information content (AvgIpc) is 2.97. The van der Waals surface area contributed by atoms with Gasteiger partial charge in [0.25, 0.3) is 0 Å². The molecule has 2 N–H and O–H groups in total. The predicted octanol–water partition coefficient (Wildman–Crippen LogP) is 2.82. The first-order chi connectivity index (χ1) is 12.6. The summed E-state index contributed by atoms with van der Waals surface area (Å²) in [7, 11) is 0. The van der Waals surface area contributed by atoms with Gasteiger partial charge in [-0.2, -0.15) is 0 Å². The van der Waals surface area contributed by atoms with E-state index < -0.39 is 12.1 Å². The van der Waals surface area contributed by atoms with Crippen LogP contribution in [0.3, 0.4) is 0 Å². The average molecular weight is 359 g/mol. The number of rotatable bonds is 11. The number of benzene rings is 1. The molecule has 2 atom stereocenters. The van der Waals surface area contributed by atoms with Crippen molar-refractivity contribution in [2.45, 2.75) is 57.1 Å². The minimum Gasteiger partial charge on any atom is -0.481 e. The molecule has 0 bridgehead atoms. The lowest BCUT2D eigenvalue weighted by atomic mass is 10.0. The Kier molecular flexibility index (Phi) is 8.51. The van der Waals surface area contributed by atoms with Crippen LogP contribution in [0.1, 0.15) is 44.1 Å². The number of carboxylic acids is 1. The van der Waals surface area contributed by atoms with E-state index in [-0.39, 0.29) is 18.2 Å². The summed E-state index contributed by atoms with van der Waals surface area (Å²) >= 11 is 0. The summed E-state index contributed by atoms with van der Waals surface area (Å²) < 4.78 is 0. The highest BCUT2D eigenvalue weighted by Crippen LogP contribution is 2.19. The number of likely N-dealkylation sites (tertiary alicyclic amines) is 1. The van der Waals surface area contributed by atoms with Crippen molar-refractivity contribution in [3.05, 3.63) is 48.0 Å². The van der Waals surface area contributed by atoms with Crippen LogP contribution in [0.25, 0.3) is 0 Å². The topological polar surface area (TPSA) is 77.8 Å². The number of nitrogens with zero attached hydrogens (tertiary/aromatic N) is 1. The van der Waals surface area contributed by atoms with Crippen LogP contribution in [0, 0.1) is 0 Å². The molecule has 5 nitrogen and oxygen atoms in total. The van der Waals surface area contributed by atoms with Crippen molar-refractivity contribution >= 4 is 11.8 Å². The summed E-state index contributed by atoms with van der Waals surface area (Å²) in [5, 5.41) is 18.9. The third kappa shape index (κ3) is 7.10. The lowest BCUT2D eigenvalue weighted by Gasteiger charge is -2.23. The number of carbonyl (C=O) groups is 2. The number of aliphatic hydroxyl groups excluding tert-OH is 1. The van der Waals surface area contributed by atoms with Gasteiger partial charge in [-0.15, -0.1) is 0 Å². The van der Waals surface area contributed by atoms with E-state index in [9.17, 15) is 14.7 Å². The summed E-state index contributed by atoms with van der Waals surface area (Å²) in [6, 6.07) is 9.83. The number of carbonyl (C=O) groups excluding carboxylic acids is 1. The summed E-state index contributed by atoms with van der Waals surface area (Å²) in [5.41, 5.74) is 1.12. The quantitative estimate of drug-likeness (QED) is 0.469. The van der Waals surface area contributed by atoms with Crippen molar-refractivity contribution < 1.29 is 19.8 Å². The SMILES string of the molecule is O=C(O)CCC/C=C/CC1C(=O)CCN1CCC(O)Cc1ccccc1. The largest absolute Gasteiger partial charge is 0.481 e. The van der Waals surface area contributed by atoms with Crippen LogP contribution in [0.4, 0.5) is 0 Å². The monoisotopic (exact) mass is 359 g/mol. The third-order valence-corrected chi connectivity index (χ3v) is 4.81. The molecule has 1 aliphatic rings. The lowest BCUT2D eigenvalue weighted by molar-refractivity contribution is -0.137. The highest BCUT2D eigenvalue weighted by molar-refractivity contribution is 5.86. The Morgan fingerprint density at radius 2 is 2.04 bits per heavy atom. The number of hydrogen-bond acceptors (Lipinski definition) is 4. The molecule has 0 amide bonds. The van der Waals surface area contributed by atoms with Crippen molar-refractivity contribution in [3.63, 3.8) is 0 Å². The van der Waals surface area contributed by atoms with Gasteiger partial charge in [-0.3, -0.25) is 14.5 Å². The molecule has 2 unspecified atom stereocenters. The number of ketones is 1. The summed E-state index contributed by atoms with van der Waals surface area (Å²) in [6.07, 6.45) is 7.62. The molecule has 2 rings (SSSR count). The van der Waals surface area contributed by atoms with Gasteiger partial charge < -0.3 is 10.2 Å². The fourth-order valence-electron chi connectivity index (χ4n) is 3.35. The van der Waals surface area contributed by atoms with E-state index in [2.05, 4.69) is 4.90 Å². The minimum atomic E-state index is -0.774. The number of hydrogen-bond donors (Lipinski definition) is 2. The maximum atomic E-state index is 12.1. The molecule has 142 valence electrons. The predicted molar refractivity (Wildman–Crippen MR) is 101 cm³/mol. The molecule has 26 heavy (non-hydrogen) atoms. The molecule has 0 spiro atoms. The van der Waals surface area contributed by atoms with Crippen molar-refractivity contribution in [1.82, 2.24) is 4.90 Å². The second-order valence-electron chi connectivity index (χ2n) is 6.89. The maximum Gasteiger partial charge on any atom is 0.303 e. The van der Waals surface area contributed by atoms with Crippen LogP contribution >= 0.6 is 0 Å². The zero-order valence-corrected chi connectivity index (χ0v) is 15.2. The van der Waals surface area contributed by atoms with Gasteiger partial charge in [-0.05, 0) is 37.7 Å². The van der Waals surface area contributed by atoms with Gasteiger partial charge >= 0.3 is 5.97 Å². The van der Waals surface area contributed by atoms with Gasteiger partial charge in [-0.25, -0.2) is 0 Å². The molecule has 1 aromatic rings. The van der Waals surface area contributed by atoms with Crippen LogP contribution in [0.15, 0.2) is 42.5 Å². The summed E-state index contributed by atoms with van der Waals surface area (Å²) in [5.74, 6) is -0.512. The third-order valence-electron chi connectivity index (χ3n) is 4.81. The molecule has 1 aromatic carbocycles. The van der Waals surface area contributed by atoms with E-state index in [4.69, 9.17) is 5.11 Å². The molecule has 0 saturated carbocycles. The number of aliphatic hydroxyl groups is 1. The van der Waals surface area contributed by atoms with E-state index in [1.807, 2.05) is 42.5 Å². The Hall–Kier alpha value is -1.98. The standard InChI is InChI=1S/C21H29NO4/c23-18(16-17-8-4-3-5-9-17)12-14-22-15-13-20(24)19(22)10-6-1-2-7-11-21(25)26/h1,3-6,8-9,18-19,23H,2,7,10-16H2,(H,25,26)/b6-1+. The van der Waals surface area contributed by atoms with Gasteiger partial charge in [0.05, 0.1) is 12.1 Å². The zero-order valence-electron chi connectivity index (χ0n) is 15.2. The van der Waals surface area contributed by atoms with E-state index in [0.717, 1.165) is 25.1 Å². The normalized spacial score (nSPS) is 19.3. The molecule has 1 aliphatic heterocycles. The summed E-state index contributed by atoms with van der Waals surface area (Å²) in [4.78, 5) is 24.8. The smallest absolute Gasteiger partial charge is 0.303 e. The maximum absolute atomic E-state index is 12.1. The van der Waals surface area contributed by atoms with E-state index in [0.29, 0.717) is 32.1 Å². The second kappa shape index (κ2) is 10.9. The highest BCUT2D eigenvalue weighted by Gasteiger charge is 2.31. The number of aliphatic carboxylic acids is 1. The molecule has 0 aromatic heterocycles. The number of allylic oxidation sites excluding steroid dienone is 1. The Morgan fingerprint density at radius 3 is 2.77 bits per heavy atom. The lowest BCUT2D eigenvalue weighted by Crippen LogP contribution is -2.35. The zero-order chi connectivity index (χ0) is 18.8. The van der Waals surface area contributed by atoms with Gasteiger partial charge in [0.1, 0.15) is 0 Å². The number of unbranched alkanes of at least 4 members (excludes halogenated alkanes) is 1. The molecular weight excluding hydrogens is 330 g/mol. The van der Waals surface area contributed by atoms with Crippen LogP contribution in [0.2, 0.25) is 0 Å². The number of carboxylic acid groups (broad SMARTS) is 1. The summed E-state index contributed by atoms with van der Waals surface area (Å²) in [6.45, 7) is 1.48.